The molecule has 0 radical (unpaired) electrons. The van der Waals surface area contributed by atoms with Gasteiger partial charge in [-0.1, -0.05) is 41.9 Å². The van der Waals surface area contributed by atoms with Crippen molar-refractivity contribution in [1.82, 2.24) is 9.97 Å². The van der Waals surface area contributed by atoms with E-state index in [-0.39, 0.29) is 12.3 Å². The monoisotopic (exact) mass is 429 g/mol. The van der Waals surface area contributed by atoms with Gasteiger partial charge in [-0.05, 0) is 29.8 Å². The summed E-state index contributed by atoms with van der Waals surface area (Å²) in [5.74, 6) is 0.906. The molecule has 0 spiro atoms. The fraction of sp³-hybridized carbons (Fsp3) is 0.100. The summed E-state index contributed by atoms with van der Waals surface area (Å²) in [5, 5.41) is 11.7. The highest BCUT2D eigenvalue weighted by Gasteiger charge is 2.18. The minimum absolute atomic E-state index is 0.216. The molecule has 3 rings (SSSR count). The second-order valence-electron chi connectivity index (χ2n) is 6.05. The number of H-pyrrole nitrogens is 2. The van der Waals surface area contributed by atoms with Gasteiger partial charge in [-0.15, -0.1) is 0 Å². The van der Waals surface area contributed by atoms with Gasteiger partial charge in [0.15, 0.2) is 11.5 Å². The molecule has 10 heteroatoms. The topological polar surface area (TPSA) is 127 Å². The van der Waals surface area contributed by atoms with Gasteiger partial charge in [0.05, 0.1) is 12.0 Å². The molecule has 0 aliphatic heterocycles. The number of benzene rings is 2. The van der Waals surface area contributed by atoms with E-state index < -0.39 is 21.9 Å². The van der Waals surface area contributed by atoms with E-state index >= 15 is 0 Å². The smallest absolute Gasteiger partial charge is 0.357 e. The molecule has 1 aromatic heterocycles. The highest BCUT2D eigenvalue weighted by molar-refractivity contribution is 6.31. The standard InChI is InChI=1S/C20H16ClN3O6/c1-29-17-10-12(6-8-15-18(24(27)28)19(25)23-20(26)22-15)7-9-16(17)30-11-13-4-2-3-5-14(13)21/h2-10H,11H2,1H3,(H2,22,23,25,26)/b8-6+. The van der Waals surface area contributed by atoms with Crippen molar-refractivity contribution < 1.29 is 14.4 Å². The quantitative estimate of drug-likeness (QED) is 0.437. The van der Waals surface area contributed by atoms with Crippen LogP contribution in [0.15, 0.2) is 52.1 Å². The number of hydrogen-bond donors (Lipinski definition) is 2. The van der Waals surface area contributed by atoms with E-state index in [4.69, 9.17) is 21.1 Å². The number of ether oxygens (including phenoxy) is 2. The van der Waals surface area contributed by atoms with Crippen molar-refractivity contribution in [3.63, 3.8) is 0 Å². The Kier molecular flexibility index (Phi) is 6.33. The lowest BCUT2D eigenvalue weighted by atomic mass is 10.1. The Hall–Kier alpha value is -3.85. The van der Waals surface area contributed by atoms with Crippen LogP contribution in [0.5, 0.6) is 11.5 Å². The summed E-state index contributed by atoms with van der Waals surface area (Å²) in [6.45, 7) is 0.242. The molecule has 154 valence electrons. The third-order valence-corrected chi connectivity index (χ3v) is 4.47. The molecule has 2 aromatic carbocycles. The molecule has 0 saturated heterocycles. The second kappa shape index (κ2) is 9.10. The normalized spacial score (nSPS) is 10.9. The maximum absolute atomic E-state index is 11.7. The van der Waals surface area contributed by atoms with Crippen molar-refractivity contribution in [3.05, 3.63) is 95.3 Å². The number of nitro groups is 1. The summed E-state index contributed by atoms with van der Waals surface area (Å²) in [7, 11) is 1.48. The lowest BCUT2D eigenvalue weighted by Gasteiger charge is -2.12. The minimum atomic E-state index is -1.08. The van der Waals surface area contributed by atoms with Crippen molar-refractivity contribution in [1.29, 1.82) is 0 Å². The molecule has 0 amide bonds. The molecule has 0 aliphatic carbocycles. The van der Waals surface area contributed by atoms with Gasteiger partial charge in [-0.25, -0.2) is 4.79 Å². The first-order valence-electron chi connectivity index (χ1n) is 8.62. The molecule has 1 heterocycles. The minimum Gasteiger partial charge on any atom is -0.493 e. The van der Waals surface area contributed by atoms with Crippen LogP contribution in [0.1, 0.15) is 16.8 Å². The van der Waals surface area contributed by atoms with Crippen LogP contribution in [0, 0.1) is 10.1 Å². The number of halogens is 1. The Morgan fingerprint density at radius 2 is 1.87 bits per heavy atom. The molecule has 0 aliphatic rings. The molecule has 0 bridgehead atoms. The van der Waals surface area contributed by atoms with Gasteiger partial charge < -0.3 is 14.5 Å². The van der Waals surface area contributed by atoms with Gasteiger partial charge in [-0.2, -0.15) is 0 Å². The number of rotatable bonds is 7. The number of nitrogens with zero attached hydrogens (tertiary/aromatic N) is 1. The zero-order chi connectivity index (χ0) is 21.7. The molecular formula is C20H16ClN3O6. The van der Waals surface area contributed by atoms with Crippen molar-refractivity contribution in [2.24, 2.45) is 0 Å². The Morgan fingerprint density at radius 3 is 2.57 bits per heavy atom. The molecule has 9 nitrogen and oxygen atoms in total. The number of hydrogen-bond acceptors (Lipinski definition) is 6. The summed E-state index contributed by atoms with van der Waals surface area (Å²) >= 11 is 6.13. The molecule has 0 atom stereocenters. The van der Waals surface area contributed by atoms with Crippen LogP contribution in [0.3, 0.4) is 0 Å². The van der Waals surface area contributed by atoms with Crippen molar-refractivity contribution >= 4 is 29.4 Å². The van der Waals surface area contributed by atoms with Crippen molar-refractivity contribution in [2.75, 3.05) is 7.11 Å². The number of aromatic amines is 2. The average Bonchev–Trinajstić information content (AvgIpc) is 2.71. The van der Waals surface area contributed by atoms with Crippen LogP contribution in [0.4, 0.5) is 5.69 Å². The lowest BCUT2D eigenvalue weighted by Crippen LogP contribution is -2.25. The summed E-state index contributed by atoms with van der Waals surface area (Å²) in [6.07, 6.45) is 2.77. The van der Waals surface area contributed by atoms with Gasteiger partial charge in [0.1, 0.15) is 12.3 Å². The van der Waals surface area contributed by atoms with E-state index in [9.17, 15) is 19.7 Å². The number of methoxy groups -OCH3 is 1. The number of nitrogens with one attached hydrogen (secondary N) is 2. The number of aromatic nitrogens is 2. The van der Waals surface area contributed by atoms with Crippen molar-refractivity contribution in [3.8, 4) is 11.5 Å². The van der Waals surface area contributed by atoms with E-state index in [2.05, 4.69) is 4.98 Å². The highest BCUT2D eigenvalue weighted by Crippen LogP contribution is 2.30. The first kappa shape index (κ1) is 20.9. The SMILES string of the molecule is COc1cc(/C=C/c2[nH]c(=O)[nH]c(=O)c2[N+](=O)[O-])ccc1OCc1ccccc1Cl. The zero-order valence-electron chi connectivity index (χ0n) is 15.7. The molecule has 0 fully saturated rings. The Balaban J connectivity index is 1.85. The first-order chi connectivity index (χ1) is 14.4. The van der Waals surface area contributed by atoms with Gasteiger partial charge >= 0.3 is 16.9 Å². The summed E-state index contributed by atoms with van der Waals surface area (Å²) in [5.41, 5.74) is -1.47. The fourth-order valence-electron chi connectivity index (χ4n) is 2.66. The zero-order valence-corrected chi connectivity index (χ0v) is 16.4. The highest BCUT2D eigenvalue weighted by atomic mass is 35.5. The third kappa shape index (κ3) is 4.76. The Labute approximate surface area is 174 Å². The molecular weight excluding hydrogens is 414 g/mol. The van der Waals surface area contributed by atoms with Crippen LogP contribution < -0.4 is 20.7 Å². The molecule has 3 aromatic rings. The molecule has 0 unspecified atom stereocenters. The Bertz CT molecular complexity index is 1230. The maximum atomic E-state index is 11.7. The maximum Gasteiger partial charge on any atom is 0.357 e. The molecule has 0 saturated carbocycles. The van der Waals surface area contributed by atoms with E-state index in [1.165, 1.54) is 19.3 Å². The third-order valence-electron chi connectivity index (χ3n) is 4.10. The van der Waals surface area contributed by atoms with Crippen LogP contribution in [0.25, 0.3) is 12.2 Å². The second-order valence-corrected chi connectivity index (χ2v) is 6.46. The van der Waals surface area contributed by atoms with E-state index in [0.717, 1.165) is 5.56 Å². The Morgan fingerprint density at radius 1 is 1.10 bits per heavy atom. The van der Waals surface area contributed by atoms with E-state index in [1.807, 2.05) is 23.2 Å². The molecule has 30 heavy (non-hydrogen) atoms. The van der Waals surface area contributed by atoms with Gasteiger partial charge in [0.2, 0.25) is 0 Å². The van der Waals surface area contributed by atoms with E-state index in [1.54, 1.807) is 24.3 Å². The summed E-state index contributed by atoms with van der Waals surface area (Å²) in [6, 6.07) is 12.3. The van der Waals surface area contributed by atoms with Crippen molar-refractivity contribution in [2.45, 2.75) is 6.61 Å². The van der Waals surface area contributed by atoms with Crippen LogP contribution in [0.2, 0.25) is 5.02 Å². The predicted octanol–water partition coefficient (Wildman–Crippen LogP) is 3.38. The molecule has 2 N–H and O–H groups in total. The average molecular weight is 430 g/mol. The predicted molar refractivity (Wildman–Crippen MR) is 112 cm³/mol. The van der Waals surface area contributed by atoms with Gasteiger partial charge in [0.25, 0.3) is 0 Å². The fourth-order valence-corrected chi connectivity index (χ4v) is 2.85. The summed E-state index contributed by atoms with van der Waals surface area (Å²) < 4.78 is 11.1. The summed E-state index contributed by atoms with van der Waals surface area (Å²) in [4.78, 5) is 37.4. The van der Waals surface area contributed by atoms with Gasteiger partial charge in [0, 0.05) is 10.6 Å². The van der Waals surface area contributed by atoms with Gasteiger partial charge in [-0.3, -0.25) is 19.9 Å². The van der Waals surface area contributed by atoms with Crippen LogP contribution in [-0.2, 0) is 6.61 Å². The lowest BCUT2D eigenvalue weighted by molar-refractivity contribution is -0.386. The van der Waals surface area contributed by atoms with Crippen LogP contribution in [-0.4, -0.2) is 22.0 Å². The van der Waals surface area contributed by atoms with E-state index in [0.29, 0.717) is 22.1 Å². The van der Waals surface area contributed by atoms with Crippen LogP contribution >= 0.6 is 11.6 Å². The largest absolute Gasteiger partial charge is 0.493 e. The first-order valence-corrected chi connectivity index (χ1v) is 9.00.